The summed E-state index contributed by atoms with van der Waals surface area (Å²) in [7, 11) is 0. The molecule has 1 aromatic heterocycles. The number of carbonyl (C=O) groups is 2. The second-order valence-electron chi connectivity index (χ2n) is 4.97. The van der Waals surface area contributed by atoms with Gasteiger partial charge in [0.25, 0.3) is 0 Å². The molecule has 0 atom stereocenters. The molecule has 0 unspecified atom stereocenters. The zero-order chi connectivity index (χ0) is 16.2. The maximum absolute atomic E-state index is 12.1. The minimum Gasteiger partial charge on any atom is -0.376 e. The van der Waals surface area contributed by atoms with E-state index in [1.807, 2.05) is 12.1 Å². The second kappa shape index (κ2) is 6.53. The SMILES string of the molecule is CC(=O)c1ccc(NCC(=O)Nc2cccc3nsnc23)cc1. The molecule has 0 bridgehead atoms. The number of carbonyl (C=O) groups excluding carboxylic acids is 2. The maximum Gasteiger partial charge on any atom is 0.243 e. The Morgan fingerprint density at radius 3 is 2.61 bits per heavy atom. The molecule has 0 aliphatic heterocycles. The molecule has 7 heteroatoms. The highest BCUT2D eigenvalue weighted by atomic mass is 32.1. The molecule has 0 aliphatic carbocycles. The van der Waals surface area contributed by atoms with Crippen LogP contribution in [0.1, 0.15) is 17.3 Å². The predicted octanol–water partition coefficient (Wildman–Crippen LogP) is 2.94. The summed E-state index contributed by atoms with van der Waals surface area (Å²) < 4.78 is 8.32. The van der Waals surface area contributed by atoms with Gasteiger partial charge < -0.3 is 10.6 Å². The van der Waals surface area contributed by atoms with Crippen molar-refractivity contribution in [3.63, 3.8) is 0 Å². The van der Waals surface area contributed by atoms with Crippen LogP contribution in [0.3, 0.4) is 0 Å². The molecule has 0 fully saturated rings. The van der Waals surface area contributed by atoms with E-state index in [9.17, 15) is 9.59 Å². The molecule has 0 saturated carbocycles. The largest absolute Gasteiger partial charge is 0.376 e. The number of nitrogens with one attached hydrogen (secondary N) is 2. The number of Topliss-reactive ketones (excluding diaryl/α,β-unsaturated/α-hetero) is 1. The highest BCUT2D eigenvalue weighted by Crippen LogP contribution is 2.21. The number of hydrogen-bond acceptors (Lipinski definition) is 6. The number of amides is 1. The molecule has 6 nitrogen and oxygen atoms in total. The summed E-state index contributed by atoms with van der Waals surface area (Å²) in [6, 6.07) is 12.5. The quantitative estimate of drug-likeness (QED) is 0.704. The average Bonchev–Trinajstić information content (AvgIpc) is 3.03. The van der Waals surface area contributed by atoms with E-state index in [4.69, 9.17) is 0 Å². The van der Waals surface area contributed by atoms with Crippen LogP contribution in [0.15, 0.2) is 42.5 Å². The van der Waals surface area contributed by atoms with Crippen LogP contribution in [0, 0.1) is 0 Å². The van der Waals surface area contributed by atoms with Gasteiger partial charge in [0.05, 0.1) is 24.0 Å². The summed E-state index contributed by atoms with van der Waals surface area (Å²) in [5.41, 5.74) is 3.52. The van der Waals surface area contributed by atoms with Crippen molar-refractivity contribution >= 4 is 45.8 Å². The van der Waals surface area contributed by atoms with Crippen molar-refractivity contribution in [1.82, 2.24) is 8.75 Å². The third-order valence-electron chi connectivity index (χ3n) is 3.30. The van der Waals surface area contributed by atoms with Crippen molar-refractivity contribution in [2.45, 2.75) is 6.92 Å². The molecule has 0 saturated heterocycles. The number of nitrogens with zero attached hydrogens (tertiary/aromatic N) is 2. The van der Waals surface area contributed by atoms with Gasteiger partial charge in [0.15, 0.2) is 5.78 Å². The first-order valence-corrected chi connectivity index (χ1v) is 7.72. The highest BCUT2D eigenvalue weighted by Gasteiger charge is 2.08. The van der Waals surface area contributed by atoms with Gasteiger partial charge in [0, 0.05) is 11.3 Å². The van der Waals surface area contributed by atoms with E-state index in [0.717, 1.165) is 22.9 Å². The van der Waals surface area contributed by atoms with Gasteiger partial charge in [-0.2, -0.15) is 8.75 Å². The molecule has 23 heavy (non-hydrogen) atoms. The van der Waals surface area contributed by atoms with Gasteiger partial charge >= 0.3 is 0 Å². The van der Waals surface area contributed by atoms with E-state index in [1.165, 1.54) is 6.92 Å². The minimum atomic E-state index is -0.179. The molecule has 116 valence electrons. The van der Waals surface area contributed by atoms with Crippen molar-refractivity contribution in [3.05, 3.63) is 48.0 Å². The maximum atomic E-state index is 12.1. The van der Waals surface area contributed by atoms with Crippen LogP contribution in [-0.2, 0) is 4.79 Å². The van der Waals surface area contributed by atoms with E-state index < -0.39 is 0 Å². The summed E-state index contributed by atoms with van der Waals surface area (Å²) in [4.78, 5) is 23.3. The highest BCUT2D eigenvalue weighted by molar-refractivity contribution is 7.00. The Bertz CT molecular complexity index is 858. The lowest BCUT2D eigenvalue weighted by atomic mass is 10.1. The first-order valence-electron chi connectivity index (χ1n) is 6.99. The molecule has 2 aromatic carbocycles. The summed E-state index contributed by atoms with van der Waals surface area (Å²) >= 11 is 1.11. The third kappa shape index (κ3) is 3.51. The van der Waals surface area contributed by atoms with E-state index in [2.05, 4.69) is 19.4 Å². The van der Waals surface area contributed by atoms with Crippen LogP contribution in [0.4, 0.5) is 11.4 Å². The summed E-state index contributed by atoms with van der Waals surface area (Å²) in [5.74, 6) is -0.166. The monoisotopic (exact) mass is 326 g/mol. The van der Waals surface area contributed by atoms with E-state index in [0.29, 0.717) is 16.8 Å². The van der Waals surface area contributed by atoms with Crippen molar-refractivity contribution in [1.29, 1.82) is 0 Å². The fraction of sp³-hybridized carbons (Fsp3) is 0.125. The Labute approximate surface area is 136 Å². The van der Waals surface area contributed by atoms with Crippen LogP contribution >= 0.6 is 11.7 Å². The molecular weight excluding hydrogens is 312 g/mol. The minimum absolute atomic E-state index is 0.0132. The van der Waals surface area contributed by atoms with Crippen molar-refractivity contribution in [2.24, 2.45) is 0 Å². The Morgan fingerprint density at radius 1 is 1.09 bits per heavy atom. The molecule has 2 N–H and O–H groups in total. The predicted molar refractivity (Wildman–Crippen MR) is 91.0 cm³/mol. The fourth-order valence-corrected chi connectivity index (χ4v) is 2.66. The van der Waals surface area contributed by atoms with Gasteiger partial charge in [-0.25, -0.2) is 0 Å². The zero-order valence-corrected chi connectivity index (χ0v) is 13.2. The molecule has 1 heterocycles. The normalized spacial score (nSPS) is 10.5. The Morgan fingerprint density at radius 2 is 1.87 bits per heavy atom. The van der Waals surface area contributed by atoms with Gasteiger partial charge in [0.1, 0.15) is 11.0 Å². The van der Waals surface area contributed by atoms with Gasteiger partial charge in [-0.3, -0.25) is 9.59 Å². The fourth-order valence-electron chi connectivity index (χ4n) is 2.11. The van der Waals surface area contributed by atoms with Crippen molar-refractivity contribution in [2.75, 3.05) is 17.2 Å². The molecule has 0 spiro atoms. The van der Waals surface area contributed by atoms with Gasteiger partial charge in [-0.05, 0) is 43.3 Å². The van der Waals surface area contributed by atoms with Crippen LogP contribution < -0.4 is 10.6 Å². The summed E-state index contributed by atoms with van der Waals surface area (Å²) in [5, 5.41) is 5.84. The van der Waals surface area contributed by atoms with Gasteiger partial charge in [0.2, 0.25) is 5.91 Å². The number of anilines is 2. The van der Waals surface area contributed by atoms with Gasteiger partial charge in [-0.1, -0.05) is 6.07 Å². The van der Waals surface area contributed by atoms with E-state index in [1.54, 1.807) is 30.3 Å². The Hall–Kier alpha value is -2.80. The molecule has 0 aliphatic rings. The summed E-state index contributed by atoms with van der Waals surface area (Å²) in [6.07, 6.45) is 0. The smallest absolute Gasteiger partial charge is 0.243 e. The van der Waals surface area contributed by atoms with Crippen LogP contribution in [-0.4, -0.2) is 27.0 Å². The van der Waals surface area contributed by atoms with E-state index >= 15 is 0 Å². The number of rotatable bonds is 5. The lowest BCUT2D eigenvalue weighted by molar-refractivity contribution is -0.114. The van der Waals surface area contributed by atoms with Gasteiger partial charge in [-0.15, -0.1) is 0 Å². The number of hydrogen-bond donors (Lipinski definition) is 2. The lowest BCUT2D eigenvalue weighted by Gasteiger charge is -2.08. The van der Waals surface area contributed by atoms with Crippen LogP contribution in [0.5, 0.6) is 0 Å². The first-order chi connectivity index (χ1) is 11.1. The second-order valence-corrected chi connectivity index (χ2v) is 5.50. The lowest BCUT2D eigenvalue weighted by Crippen LogP contribution is -2.21. The Balaban J connectivity index is 1.61. The Kier molecular flexibility index (Phi) is 4.29. The molecule has 3 aromatic rings. The topological polar surface area (TPSA) is 84.0 Å². The van der Waals surface area contributed by atoms with Crippen molar-refractivity contribution < 1.29 is 9.59 Å². The molecule has 3 rings (SSSR count). The standard InChI is InChI=1S/C16H14N4O2S/c1-10(21)11-5-7-12(8-6-11)17-9-15(22)18-13-3-2-4-14-16(13)20-23-19-14/h2-8,17H,9H2,1H3,(H,18,22). The average molecular weight is 326 g/mol. The zero-order valence-electron chi connectivity index (χ0n) is 12.4. The number of ketones is 1. The molecule has 0 radical (unpaired) electrons. The summed E-state index contributed by atoms with van der Waals surface area (Å²) in [6.45, 7) is 1.64. The molecule has 1 amide bonds. The number of aromatic nitrogens is 2. The first kappa shape index (κ1) is 15.1. The number of fused-ring (bicyclic) bond motifs is 1. The third-order valence-corrected chi connectivity index (χ3v) is 3.85. The van der Waals surface area contributed by atoms with Crippen LogP contribution in [0.2, 0.25) is 0 Å². The van der Waals surface area contributed by atoms with E-state index in [-0.39, 0.29) is 18.2 Å². The number of benzene rings is 2. The van der Waals surface area contributed by atoms with Crippen molar-refractivity contribution in [3.8, 4) is 0 Å². The molecular formula is C16H14N4O2S. The van der Waals surface area contributed by atoms with Crippen LogP contribution in [0.25, 0.3) is 11.0 Å².